The van der Waals surface area contributed by atoms with Crippen LogP contribution in [0.5, 0.6) is 0 Å². The number of hydrogen-bond acceptors (Lipinski definition) is 2. The van der Waals surface area contributed by atoms with Crippen molar-refractivity contribution in [2.24, 2.45) is 0 Å². The topological polar surface area (TPSA) is 24.1 Å². The van der Waals surface area contributed by atoms with Gasteiger partial charge in [0.2, 0.25) is 0 Å². The minimum atomic E-state index is 0.360. The third kappa shape index (κ3) is 4.34. The minimum absolute atomic E-state index is 0.360. The minimum Gasteiger partial charge on any atom is -0.306 e. The van der Waals surface area contributed by atoms with Crippen molar-refractivity contribution in [1.29, 1.82) is 0 Å². The van der Waals surface area contributed by atoms with Crippen molar-refractivity contribution in [3.63, 3.8) is 0 Å². The van der Waals surface area contributed by atoms with Gasteiger partial charge in [-0.15, -0.1) is 0 Å². The Hall–Kier alpha value is -1.90. The van der Waals surface area contributed by atoms with E-state index in [1.165, 1.54) is 11.1 Å². The van der Waals surface area contributed by atoms with Crippen LogP contribution in [0.3, 0.4) is 0 Å². The standard InChI is InChI=1S/C22H28N2/c1-17(19-11-5-3-6-12-19)23-21-15-9-10-16-22(21)24-18(2)20-13-7-4-8-14-20/h3-14,17-18,21-24H,15-16H2,1-2H3/t17-,18-,21+,22+/m0/s1. The average molecular weight is 320 g/mol. The Kier molecular flexibility index (Phi) is 5.84. The van der Waals surface area contributed by atoms with Gasteiger partial charge in [0.15, 0.2) is 0 Å². The van der Waals surface area contributed by atoms with Crippen molar-refractivity contribution in [1.82, 2.24) is 10.6 Å². The Bertz CT molecular complexity index is 578. The third-order valence-electron chi connectivity index (χ3n) is 4.96. The van der Waals surface area contributed by atoms with Crippen LogP contribution in [0.1, 0.15) is 49.9 Å². The summed E-state index contributed by atoms with van der Waals surface area (Å²) < 4.78 is 0. The maximum Gasteiger partial charge on any atom is 0.0295 e. The quantitative estimate of drug-likeness (QED) is 0.749. The van der Waals surface area contributed by atoms with Gasteiger partial charge in [0.25, 0.3) is 0 Å². The summed E-state index contributed by atoms with van der Waals surface area (Å²) in [4.78, 5) is 0. The van der Waals surface area contributed by atoms with Crippen molar-refractivity contribution in [3.8, 4) is 0 Å². The van der Waals surface area contributed by atoms with Gasteiger partial charge in [-0.3, -0.25) is 0 Å². The summed E-state index contributed by atoms with van der Waals surface area (Å²) in [5, 5.41) is 7.66. The number of rotatable bonds is 6. The van der Waals surface area contributed by atoms with E-state index < -0.39 is 0 Å². The second-order valence-corrected chi connectivity index (χ2v) is 6.75. The molecule has 24 heavy (non-hydrogen) atoms. The van der Waals surface area contributed by atoms with Crippen molar-refractivity contribution >= 4 is 0 Å². The van der Waals surface area contributed by atoms with Crippen LogP contribution in [-0.2, 0) is 0 Å². The Morgan fingerprint density at radius 2 is 1.04 bits per heavy atom. The molecule has 4 atom stereocenters. The molecule has 2 N–H and O–H groups in total. The second kappa shape index (κ2) is 8.27. The molecule has 1 aliphatic rings. The van der Waals surface area contributed by atoms with Crippen LogP contribution >= 0.6 is 0 Å². The maximum atomic E-state index is 3.83. The zero-order valence-electron chi connectivity index (χ0n) is 14.7. The molecule has 2 heteroatoms. The molecular weight excluding hydrogens is 292 g/mol. The van der Waals surface area contributed by atoms with Crippen molar-refractivity contribution in [3.05, 3.63) is 83.9 Å². The highest BCUT2D eigenvalue weighted by Gasteiger charge is 2.25. The molecule has 0 radical (unpaired) electrons. The van der Waals surface area contributed by atoms with E-state index >= 15 is 0 Å². The molecule has 0 amide bonds. The predicted molar refractivity (Wildman–Crippen MR) is 102 cm³/mol. The third-order valence-corrected chi connectivity index (χ3v) is 4.96. The lowest BCUT2D eigenvalue weighted by Crippen LogP contribution is -2.50. The van der Waals surface area contributed by atoms with Crippen LogP contribution in [0.2, 0.25) is 0 Å². The van der Waals surface area contributed by atoms with E-state index in [1.807, 2.05) is 0 Å². The average Bonchev–Trinajstić information content (AvgIpc) is 2.64. The summed E-state index contributed by atoms with van der Waals surface area (Å²) in [7, 11) is 0. The molecule has 1 aliphatic carbocycles. The lowest BCUT2D eigenvalue weighted by atomic mass is 9.93. The van der Waals surface area contributed by atoms with E-state index in [4.69, 9.17) is 0 Å². The first-order chi connectivity index (χ1) is 11.7. The number of nitrogens with one attached hydrogen (secondary N) is 2. The van der Waals surface area contributed by atoms with Gasteiger partial charge in [0.05, 0.1) is 0 Å². The summed E-state index contributed by atoms with van der Waals surface area (Å²) in [5.41, 5.74) is 2.70. The first-order valence-corrected chi connectivity index (χ1v) is 9.01. The molecule has 0 saturated carbocycles. The lowest BCUT2D eigenvalue weighted by Gasteiger charge is -2.35. The van der Waals surface area contributed by atoms with E-state index in [0.29, 0.717) is 24.2 Å². The number of benzene rings is 2. The fourth-order valence-electron chi connectivity index (χ4n) is 3.50. The molecule has 0 heterocycles. The monoisotopic (exact) mass is 320 g/mol. The van der Waals surface area contributed by atoms with E-state index in [0.717, 1.165) is 12.8 Å². The first-order valence-electron chi connectivity index (χ1n) is 9.01. The highest BCUT2D eigenvalue weighted by molar-refractivity contribution is 5.20. The van der Waals surface area contributed by atoms with Crippen LogP contribution < -0.4 is 10.6 Å². The zero-order valence-corrected chi connectivity index (χ0v) is 14.7. The molecule has 3 rings (SSSR count). The second-order valence-electron chi connectivity index (χ2n) is 6.75. The van der Waals surface area contributed by atoms with E-state index in [9.17, 15) is 0 Å². The Labute approximate surface area is 146 Å². The highest BCUT2D eigenvalue weighted by atomic mass is 15.1. The van der Waals surface area contributed by atoms with Gasteiger partial charge < -0.3 is 10.6 Å². The summed E-state index contributed by atoms with van der Waals surface area (Å²) in [6.45, 7) is 4.51. The van der Waals surface area contributed by atoms with Crippen molar-refractivity contribution in [2.75, 3.05) is 0 Å². The normalized spacial score (nSPS) is 22.9. The molecule has 0 aliphatic heterocycles. The van der Waals surface area contributed by atoms with Crippen LogP contribution in [0, 0.1) is 0 Å². The maximum absolute atomic E-state index is 3.83. The molecule has 0 aromatic heterocycles. The molecule has 0 spiro atoms. The summed E-state index contributed by atoms with van der Waals surface area (Å²) >= 11 is 0. The Balaban J connectivity index is 1.64. The van der Waals surface area contributed by atoms with E-state index in [2.05, 4.69) is 97.3 Å². The van der Waals surface area contributed by atoms with Crippen molar-refractivity contribution in [2.45, 2.75) is 50.9 Å². The smallest absolute Gasteiger partial charge is 0.0295 e. The molecule has 0 saturated heterocycles. The van der Waals surface area contributed by atoms with Gasteiger partial charge in [-0.1, -0.05) is 72.8 Å². The lowest BCUT2D eigenvalue weighted by molar-refractivity contribution is 0.315. The van der Waals surface area contributed by atoms with Crippen LogP contribution in [0.4, 0.5) is 0 Å². The molecule has 0 bridgehead atoms. The number of hydrogen-bond donors (Lipinski definition) is 2. The highest BCUT2D eigenvalue weighted by Crippen LogP contribution is 2.21. The molecular formula is C22H28N2. The molecule has 126 valence electrons. The van der Waals surface area contributed by atoms with Gasteiger partial charge >= 0.3 is 0 Å². The van der Waals surface area contributed by atoms with Gasteiger partial charge in [-0.2, -0.15) is 0 Å². The fraction of sp³-hybridized carbons (Fsp3) is 0.364. The fourth-order valence-corrected chi connectivity index (χ4v) is 3.50. The Morgan fingerprint density at radius 3 is 1.42 bits per heavy atom. The molecule has 2 aromatic carbocycles. The largest absolute Gasteiger partial charge is 0.306 e. The molecule has 0 unspecified atom stereocenters. The van der Waals surface area contributed by atoms with Gasteiger partial charge in [0.1, 0.15) is 0 Å². The molecule has 2 aromatic rings. The Morgan fingerprint density at radius 1 is 0.667 bits per heavy atom. The summed E-state index contributed by atoms with van der Waals surface area (Å²) in [6, 6.07) is 23.0. The summed E-state index contributed by atoms with van der Waals surface area (Å²) in [5.74, 6) is 0. The SMILES string of the molecule is C[C@H](N[C@@H]1CC=CC[C@H]1N[C@@H](C)c1ccccc1)c1ccccc1. The van der Waals surface area contributed by atoms with E-state index in [-0.39, 0.29) is 0 Å². The summed E-state index contributed by atoms with van der Waals surface area (Å²) in [6.07, 6.45) is 6.77. The van der Waals surface area contributed by atoms with Gasteiger partial charge in [-0.05, 0) is 37.8 Å². The molecule has 2 nitrogen and oxygen atoms in total. The van der Waals surface area contributed by atoms with Crippen LogP contribution in [0.15, 0.2) is 72.8 Å². The van der Waals surface area contributed by atoms with Crippen LogP contribution in [0.25, 0.3) is 0 Å². The van der Waals surface area contributed by atoms with Gasteiger partial charge in [-0.25, -0.2) is 0 Å². The zero-order chi connectivity index (χ0) is 16.8. The van der Waals surface area contributed by atoms with E-state index in [1.54, 1.807) is 0 Å². The van der Waals surface area contributed by atoms with Crippen LogP contribution in [-0.4, -0.2) is 12.1 Å². The predicted octanol–water partition coefficient (Wildman–Crippen LogP) is 4.78. The van der Waals surface area contributed by atoms with Gasteiger partial charge in [0, 0.05) is 24.2 Å². The first kappa shape index (κ1) is 16.9. The molecule has 0 fully saturated rings. The van der Waals surface area contributed by atoms with Crippen molar-refractivity contribution < 1.29 is 0 Å².